The first-order valence-electron chi connectivity index (χ1n) is 6.25. The van der Waals surface area contributed by atoms with Crippen molar-refractivity contribution in [3.05, 3.63) is 53.3 Å². The molecule has 1 aromatic heterocycles. The molecule has 2 aromatic rings. The van der Waals surface area contributed by atoms with E-state index in [4.69, 9.17) is 5.73 Å². The van der Waals surface area contributed by atoms with E-state index in [1.165, 1.54) is 0 Å². The van der Waals surface area contributed by atoms with Gasteiger partial charge in [-0.1, -0.05) is 18.2 Å². The molecule has 0 radical (unpaired) electrons. The lowest BCUT2D eigenvalue weighted by molar-refractivity contribution is 0.0993. The molecule has 0 atom stereocenters. The van der Waals surface area contributed by atoms with Gasteiger partial charge in [-0.15, -0.1) is 0 Å². The molecule has 1 amide bonds. The maximum Gasteiger partial charge on any atom is 0.265 e. The molecule has 0 unspecified atom stereocenters. The summed E-state index contributed by atoms with van der Waals surface area (Å²) in [6.07, 6.45) is 4.28. The van der Waals surface area contributed by atoms with Gasteiger partial charge in [0.15, 0.2) is 0 Å². The summed E-state index contributed by atoms with van der Waals surface area (Å²) < 4.78 is 1.92. The molecule has 0 saturated heterocycles. The van der Waals surface area contributed by atoms with Gasteiger partial charge in [-0.3, -0.25) is 4.79 Å². The summed E-state index contributed by atoms with van der Waals surface area (Å²) in [5.74, 6) is 0.183. The lowest BCUT2D eigenvalue weighted by Crippen LogP contribution is -2.18. The van der Waals surface area contributed by atoms with E-state index >= 15 is 0 Å². The van der Waals surface area contributed by atoms with E-state index < -0.39 is 0 Å². The first kappa shape index (κ1) is 11.1. The number of nitrogens with zero attached hydrogens (tertiary/aromatic N) is 1. The third-order valence-corrected chi connectivity index (χ3v) is 3.54. The third-order valence-electron chi connectivity index (χ3n) is 3.54. The zero-order chi connectivity index (χ0) is 12.7. The molecular formula is C15H16N2O. The predicted molar refractivity (Wildman–Crippen MR) is 71.0 cm³/mol. The fourth-order valence-corrected chi connectivity index (χ4v) is 2.47. The van der Waals surface area contributed by atoms with Crippen LogP contribution in [0.2, 0.25) is 0 Å². The van der Waals surface area contributed by atoms with Gasteiger partial charge in [0.1, 0.15) is 5.69 Å². The zero-order valence-corrected chi connectivity index (χ0v) is 10.4. The molecule has 1 aliphatic carbocycles. The number of aryl methyl sites for hydroxylation is 1. The fourth-order valence-electron chi connectivity index (χ4n) is 2.47. The second kappa shape index (κ2) is 4.02. The molecule has 1 aliphatic rings. The Morgan fingerprint density at radius 3 is 2.61 bits per heavy atom. The predicted octanol–water partition coefficient (Wildman–Crippen LogP) is 2.76. The van der Waals surface area contributed by atoms with Crippen molar-refractivity contribution in [1.82, 2.24) is 4.57 Å². The minimum atomic E-state index is -0.342. The molecule has 0 spiro atoms. The highest BCUT2D eigenvalue weighted by molar-refractivity contribution is 5.94. The van der Waals surface area contributed by atoms with Crippen molar-refractivity contribution in [2.24, 2.45) is 5.73 Å². The van der Waals surface area contributed by atoms with Crippen LogP contribution >= 0.6 is 0 Å². The second-order valence-corrected chi connectivity index (χ2v) is 4.91. The summed E-state index contributed by atoms with van der Waals surface area (Å²) in [5, 5.41) is 0. The molecule has 18 heavy (non-hydrogen) atoms. The number of carbonyl (C=O) groups is 1. The van der Waals surface area contributed by atoms with Crippen LogP contribution in [0.15, 0.2) is 36.5 Å². The van der Waals surface area contributed by atoms with Crippen molar-refractivity contribution in [3.63, 3.8) is 0 Å². The SMILES string of the molecule is Cc1ccccc1-n1ccc(C2CC2)c1C(N)=O. The molecule has 3 nitrogen and oxygen atoms in total. The van der Waals surface area contributed by atoms with E-state index in [2.05, 4.69) is 0 Å². The molecule has 1 aromatic carbocycles. The Labute approximate surface area is 106 Å². The molecule has 2 N–H and O–H groups in total. The highest BCUT2D eigenvalue weighted by atomic mass is 16.1. The van der Waals surface area contributed by atoms with Gasteiger partial charge in [-0.05, 0) is 48.9 Å². The molecule has 92 valence electrons. The number of primary amides is 1. The average molecular weight is 240 g/mol. The summed E-state index contributed by atoms with van der Waals surface area (Å²) in [5.41, 5.74) is 9.46. The largest absolute Gasteiger partial charge is 0.364 e. The first-order chi connectivity index (χ1) is 8.68. The van der Waals surface area contributed by atoms with Gasteiger partial charge in [-0.25, -0.2) is 0 Å². The van der Waals surface area contributed by atoms with Crippen LogP contribution in [0, 0.1) is 6.92 Å². The lowest BCUT2D eigenvalue weighted by Gasteiger charge is -2.11. The molecule has 3 heteroatoms. The van der Waals surface area contributed by atoms with E-state index in [1.807, 2.05) is 48.0 Å². The van der Waals surface area contributed by atoms with Gasteiger partial charge in [-0.2, -0.15) is 0 Å². The van der Waals surface area contributed by atoms with Crippen LogP contribution in [0.1, 0.15) is 40.4 Å². The Morgan fingerprint density at radius 2 is 2.00 bits per heavy atom. The number of amides is 1. The van der Waals surface area contributed by atoms with Gasteiger partial charge in [0.2, 0.25) is 0 Å². The van der Waals surface area contributed by atoms with Crippen LogP contribution in [0.4, 0.5) is 0 Å². The first-order valence-corrected chi connectivity index (χ1v) is 6.25. The highest BCUT2D eigenvalue weighted by Crippen LogP contribution is 2.42. The number of benzene rings is 1. The maximum absolute atomic E-state index is 11.7. The Bertz CT molecular complexity index is 609. The zero-order valence-electron chi connectivity index (χ0n) is 10.4. The van der Waals surface area contributed by atoms with E-state index in [0.29, 0.717) is 11.6 Å². The number of rotatable bonds is 3. The quantitative estimate of drug-likeness (QED) is 0.881. The average Bonchev–Trinajstić information content (AvgIpc) is 3.09. The molecule has 3 rings (SSSR count). The van der Waals surface area contributed by atoms with Crippen molar-refractivity contribution in [2.45, 2.75) is 25.7 Å². The van der Waals surface area contributed by atoms with Gasteiger partial charge >= 0.3 is 0 Å². The number of para-hydroxylation sites is 1. The number of hydrogen-bond donors (Lipinski definition) is 1. The number of carbonyl (C=O) groups excluding carboxylic acids is 1. The standard InChI is InChI=1S/C15H16N2O/c1-10-4-2-3-5-13(10)17-9-8-12(11-6-7-11)14(17)15(16)18/h2-5,8-9,11H,6-7H2,1H3,(H2,16,18). The van der Waals surface area contributed by atoms with Crippen LogP contribution in [0.5, 0.6) is 0 Å². The van der Waals surface area contributed by atoms with Gasteiger partial charge in [0.25, 0.3) is 5.91 Å². The smallest absolute Gasteiger partial charge is 0.265 e. The van der Waals surface area contributed by atoms with Crippen molar-refractivity contribution in [1.29, 1.82) is 0 Å². The minimum absolute atomic E-state index is 0.342. The van der Waals surface area contributed by atoms with E-state index in [0.717, 1.165) is 29.7 Å². The van der Waals surface area contributed by atoms with Crippen molar-refractivity contribution >= 4 is 5.91 Å². The number of aromatic nitrogens is 1. The van der Waals surface area contributed by atoms with Crippen molar-refractivity contribution < 1.29 is 4.79 Å². The Kier molecular flexibility index (Phi) is 2.47. The van der Waals surface area contributed by atoms with Crippen LogP contribution in [-0.4, -0.2) is 10.5 Å². The Morgan fingerprint density at radius 1 is 1.28 bits per heavy atom. The number of hydrogen-bond acceptors (Lipinski definition) is 1. The van der Waals surface area contributed by atoms with Crippen LogP contribution in [0.3, 0.4) is 0 Å². The molecule has 1 heterocycles. The molecule has 0 bridgehead atoms. The van der Waals surface area contributed by atoms with Crippen molar-refractivity contribution in [3.8, 4) is 5.69 Å². The summed E-state index contributed by atoms with van der Waals surface area (Å²) in [6, 6.07) is 10.1. The Hall–Kier alpha value is -2.03. The monoisotopic (exact) mass is 240 g/mol. The van der Waals surface area contributed by atoms with Crippen molar-refractivity contribution in [2.75, 3.05) is 0 Å². The van der Waals surface area contributed by atoms with Gasteiger partial charge in [0.05, 0.1) is 0 Å². The lowest BCUT2D eigenvalue weighted by atomic mass is 10.1. The van der Waals surface area contributed by atoms with Crippen LogP contribution in [-0.2, 0) is 0 Å². The summed E-state index contributed by atoms with van der Waals surface area (Å²) in [4.78, 5) is 11.7. The molecule has 1 saturated carbocycles. The highest BCUT2D eigenvalue weighted by Gasteiger charge is 2.30. The van der Waals surface area contributed by atoms with E-state index in [1.54, 1.807) is 0 Å². The number of nitrogens with two attached hydrogens (primary N) is 1. The third kappa shape index (κ3) is 1.72. The van der Waals surface area contributed by atoms with Gasteiger partial charge in [0, 0.05) is 11.9 Å². The van der Waals surface area contributed by atoms with Gasteiger partial charge < -0.3 is 10.3 Å². The minimum Gasteiger partial charge on any atom is -0.364 e. The summed E-state index contributed by atoms with van der Waals surface area (Å²) in [6.45, 7) is 2.04. The molecule has 0 aliphatic heterocycles. The van der Waals surface area contributed by atoms with E-state index in [-0.39, 0.29) is 5.91 Å². The molecule has 1 fully saturated rings. The summed E-state index contributed by atoms with van der Waals surface area (Å²) >= 11 is 0. The second-order valence-electron chi connectivity index (χ2n) is 4.91. The van der Waals surface area contributed by atoms with Crippen LogP contribution in [0.25, 0.3) is 5.69 Å². The molecular weight excluding hydrogens is 224 g/mol. The van der Waals surface area contributed by atoms with E-state index in [9.17, 15) is 4.79 Å². The van der Waals surface area contributed by atoms with Crippen LogP contribution < -0.4 is 5.73 Å². The normalized spacial score (nSPS) is 14.7. The fraction of sp³-hybridized carbons (Fsp3) is 0.267. The topological polar surface area (TPSA) is 48.0 Å². The maximum atomic E-state index is 11.7. The summed E-state index contributed by atoms with van der Waals surface area (Å²) in [7, 11) is 0. The Balaban J connectivity index is 2.18.